The van der Waals surface area contributed by atoms with Crippen molar-refractivity contribution in [2.75, 3.05) is 6.54 Å². The smallest absolute Gasteiger partial charge is 0.269 e. The van der Waals surface area contributed by atoms with Crippen LogP contribution in [0.3, 0.4) is 0 Å². The summed E-state index contributed by atoms with van der Waals surface area (Å²) in [5.74, 6) is -0.237. The summed E-state index contributed by atoms with van der Waals surface area (Å²) in [6, 6.07) is 25.4. The third-order valence-corrected chi connectivity index (χ3v) is 5.16. The molecule has 0 aliphatic heterocycles. The Bertz CT molecular complexity index is 1220. The Morgan fingerprint density at radius 2 is 1.68 bits per heavy atom. The van der Waals surface area contributed by atoms with E-state index in [0.29, 0.717) is 5.56 Å². The molecule has 2 N–H and O–H groups in total. The summed E-state index contributed by atoms with van der Waals surface area (Å²) in [7, 11) is 0. The number of carbonyl (C=O) groups excluding carboxylic acids is 1. The fraction of sp³-hybridized carbons (Fsp3) is 0.125. The minimum absolute atomic E-state index is 0.0104. The molecule has 4 rings (SSSR count). The van der Waals surface area contributed by atoms with Gasteiger partial charge in [-0.1, -0.05) is 48.5 Å². The number of nitrogens with one attached hydrogen (secondary N) is 1. The molecule has 1 heterocycles. The number of benzene rings is 3. The lowest BCUT2D eigenvalue weighted by Crippen LogP contribution is -2.31. The highest BCUT2D eigenvalue weighted by atomic mass is 16.6. The number of nitrogens with zero attached hydrogens (tertiary/aromatic N) is 2. The third kappa shape index (κ3) is 4.46. The number of para-hydroxylation sites is 1. The molecule has 0 spiro atoms. The van der Waals surface area contributed by atoms with Crippen molar-refractivity contribution in [2.45, 2.75) is 12.6 Å². The lowest BCUT2D eigenvalue weighted by atomic mass is 10.1. The first-order valence-corrected chi connectivity index (χ1v) is 9.86. The number of non-ortho nitro benzene ring substituents is 1. The minimum Gasteiger partial charge on any atom is -0.387 e. The topological polar surface area (TPSA) is 97.4 Å². The van der Waals surface area contributed by atoms with Gasteiger partial charge >= 0.3 is 0 Å². The molecule has 3 aromatic carbocycles. The maximum Gasteiger partial charge on any atom is 0.269 e. The van der Waals surface area contributed by atoms with Crippen LogP contribution in [0.4, 0.5) is 5.69 Å². The van der Waals surface area contributed by atoms with E-state index in [1.54, 1.807) is 0 Å². The van der Waals surface area contributed by atoms with Crippen LogP contribution in [0.5, 0.6) is 0 Å². The monoisotopic (exact) mass is 415 g/mol. The Balaban J connectivity index is 1.49. The molecule has 0 saturated carbocycles. The number of aromatic nitrogens is 1. The molecule has 0 bridgehead atoms. The van der Waals surface area contributed by atoms with Gasteiger partial charge in [0.1, 0.15) is 6.54 Å². The van der Waals surface area contributed by atoms with Crippen molar-refractivity contribution >= 4 is 22.5 Å². The number of fused-ring (bicyclic) bond motifs is 1. The molecule has 7 nitrogen and oxygen atoms in total. The molecule has 0 aliphatic rings. The average molecular weight is 415 g/mol. The van der Waals surface area contributed by atoms with Crippen molar-refractivity contribution in [3.63, 3.8) is 0 Å². The van der Waals surface area contributed by atoms with Gasteiger partial charge in [-0.15, -0.1) is 0 Å². The first-order valence-electron chi connectivity index (χ1n) is 9.86. The summed E-state index contributed by atoms with van der Waals surface area (Å²) in [4.78, 5) is 22.9. The van der Waals surface area contributed by atoms with Crippen molar-refractivity contribution < 1.29 is 14.8 Å². The highest BCUT2D eigenvalue weighted by Gasteiger charge is 2.15. The maximum atomic E-state index is 12.7. The first kappa shape index (κ1) is 20.3. The molecule has 0 aliphatic carbocycles. The molecule has 156 valence electrons. The molecule has 31 heavy (non-hydrogen) atoms. The molecule has 0 unspecified atom stereocenters. The highest BCUT2D eigenvalue weighted by molar-refractivity contribution is 5.89. The molecule has 0 radical (unpaired) electrons. The quantitative estimate of drug-likeness (QED) is 0.351. The molecule has 7 heteroatoms. The van der Waals surface area contributed by atoms with E-state index >= 15 is 0 Å². The number of hydrogen-bond donors (Lipinski definition) is 2. The number of aliphatic hydroxyl groups is 1. The second kappa shape index (κ2) is 8.81. The number of aliphatic hydroxyl groups excluding tert-OH is 1. The van der Waals surface area contributed by atoms with E-state index < -0.39 is 11.0 Å². The SMILES string of the molecule is O=C(Cn1c(-c2ccccc2)cc2ccccc21)NC[C@H](O)c1ccc([N+](=O)[O-])cc1. The zero-order valence-corrected chi connectivity index (χ0v) is 16.6. The van der Waals surface area contributed by atoms with Crippen LogP contribution >= 0.6 is 0 Å². The number of nitro groups is 1. The van der Waals surface area contributed by atoms with Crippen LogP contribution in [0.15, 0.2) is 84.9 Å². The predicted molar refractivity (Wildman–Crippen MR) is 118 cm³/mol. The van der Waals surface area contributed by atoms with Gasteiger partial charge < -0.3 is 15.0 Å². The molecule has 1 amide bonds. The molecular formula is C24H21N3O4. The van der Waals surface area contributed by atoms with E-state index in [0.717, 1.165) is 22.2 Å². The molecule has 1 atom stereocenters. The maximum absolute atomic E-state index is 12.7. The van der Waals surface area contributed by atoms with Gasteiger partial charge in [0.15, 0.2) is 0 Å². The van der Waals surface area contributed by atoms with Gasteiger partial charge in [-0.25, -0.2) is 0 Å². The summed E-state index contributed by atoms with van der Waals surface area (Å²) in [5, 5.41) is 24.9. The van der Waals surface area contributed by atoms with Crippen molar-refractivity contribution in [3.05, 3.63) is 101 Å². The van der Waals surface area contributed by atoms with Gasteiger partial charge in [0.25, 0.3) is 5.69 Å². The second-order valence-corrected chi connectivity index (χ2v) is 7.21. The van der Waals surface area contributed by atoms with Gasteiger partial charge in [-0.2, -0.15) is 0 Å². The summed E-state index contributed by atoms with van der Waals surface area (Å²) in [6.07, 6.45) is -0.959. The van der Waals surface area contributed by atoms with Crippen LogP contribution in [-0.4, -0.2) is 27.0 Å². The zero-order valence-electron chi connectivity index (χ0n) is 16.6. The third-order valence-electron chi connectivity index (χ3n) is 5.16. The Hall–Kier alpha value is -3.97. The van der Waals surface area contributed by atoms with Crippen LogP contribution in [0.1, 0.15) is 11.7 Å². The van der Waals surface area contributed by atoms with Gasteiger partial charge in [0.2, 0.25) is 5.91 Å². The lowest BCUT2D eigenvalue weighted by molar-refractivity contribution is -0.384. The Labute approximate surface area is 178 Å². The fourth-order valence-electron chi connectivity index (χ4n) is 3.57. The van der Waals surface area contributed by atoms with Crippen LogP contribution in [0.25, 0.3) is 22.2 Å². The zero-order chi connectivity index (χ0) is 21.8. The fourth-order valence-corrected chi connectivity index (χ4v) is 3.57. The standard InChI is InChI=1S/C24H21N3O4/c28-23(18-10-12-20(13-11-18)27(30)31)15-25-24(29)16-26-21-9-5-4-8-19(21)14-22(26)17-6-2-1-3-7-17/h1-14,23,28H,15-16H2,(H,25,29)/t23-/m0/s1. The van der Waals surface area contributed by atoms with Gasteiger partial charge in [0.05, 0.1) is 11.0 Å². The minimum atomic E-state index is -0.959. The van der Waals surface area contributed by atoms with Gasteiger partial charge in [-0.05, 0) is 35.4 Å². The van der Waals surface area contributed by atoms with Crippen molar-refractivity contribution in [3.8, 4) is 11.3 Å². The Morgan fingerprint density at radius 3 is 2.39 bits per heavy atom. The van der Waals surface area contributed by atoms with Crippen LogP contribution in [0, 0.1) is 10.1 Å². The molecular weight excluding hydrogens is 394 g/mol. The van der Waals surface area contributed by atoms with E-state index in [2.05, 4.69) is 11.4 Å². The summed E-state index contributed by atoms with van der Waals surface area (Å²) in [6.45, 7) is 0.112. The normalized spacial score (nSPS) is 11.9. The molecule has 1 aromatic heterocycles. The number of hydrogen-bond acceptors (Lipinski definition) is 4. The van der Waals surface area contributed by atoms with Crippen molar-refractivity contribution in [1.82, 2.24) is 9.88 Å². The second-order valence-electron chi connectivity index (χ2n) is 7.21. The lowest BCUT2D eigenvalue weighted by Gasteiger charge is -2.14. The van der Waals surface area contributed by atoms with E-state index in [-0.39, 0.29) is 24.7 Å². The Morgan fingerprint density at radius 1 is 1.00 bits per heavy atom. The highest BCUT2D eigenvalue weighted by Crippen LogP contribution is 2.28. The molecule has 0 fully saturated rings. The first-order chi connectivity index (χ1) is 15.0. The predicted octanol–water partition coefficient (Wildman–Crippen LogP) is 4.07. The molecule has 4 aromatic rings. The Kier molecular flexibility index (Phi) is 5.77. The van der Waals surface area contributed by atoms with E-state index in [4.69, 9.17) is 0 Å². The van der Waals surface area contributed by atoms with E-state index in [9.17, 15) is 20.0 Å². The van der Waals surface area contributed by atoms with Crippen LogP contribution in [-0.2, 0) is 11.3 Å². The average Bonchev–Trinajstić information content (AvgIpc) is 3.16. The largest absolute Gasteiger partial charge is 0.387 e. The number of rotatable bonds is 7. The van der Waals surface area contributed by atoms with Crippen LogP contribution < -0.4 is 5.32 Å². The summed E-state index contributed by atoms with van der Waals surface area (Å²) >= 11 is 0. The van der Waals surface area contributed by atoms with E-state index in [1.165, 1.54) is 24.3 Å². The number of carbonyl (C=O) groups is 1. The summed E-state index contributed by atoms with van der Waals surface area (Å²) < 4.78 is 1.96. The van der Waals surface area contributed by atoms with Crippen molar-refractivity contribution in [1.29, 1.82) is 0 Å². The summed E-state index contributed by atoms with van der Waals surface area (Å²) in [5.41, 5.74) is 3.35. The van der Waals surface area contributed by atoms with Crippen molar-refractivity contribution in [2.24, 2.45) is 0 Å². The van der Waals surface area contributed by atoms with Gasteiger partial charge in [-0.3, -0.25) is 14.9 Å². The van der Waals surface area contributed by atoms with Crippen LogP contribution in [0.2, 0.25) is 0 Å². The molecule has 0 saturated heterocycles. The number of nitro benzene ring substituents is 1. The van der Waals surface area contributed by atoms with E-state index in [1.807, 2.05) is 59.2 Å². The number of amides is 1. The van der Waals surface area contributed by atoms with Gasteiger partial charge in [0, 0.05) is 35.3 Å².